The van der Waals surface area contributed by atoms with Gasteiger partial charge in [-0.25, -0.2) is 4.39 Å². The Bertz CT molecular complexity index is 277. The fourth-order valence-corrected chi connectivity index (χ4v) is 1.15. The van der Waals surface area contributed by atoms with Gasteiger partial charge in [-0.1, -0.05) is 24.3 Å². The van der Waals surface area contributed by atoms with E-state index in [4.69, 9.17) is 0 Å². The first kappa shape index (κ1) is 8.98. The van der Waals surface area contributed by atoms with E-state index in [9.17, 15) is 4.39 Å². The van der Waals surface area contributed by atoms with E-state index in [-0.39, 0.29) is 5.83 Å². The summed E-state index contributed by atoms with van der Waals surface area (Å²) in [4.78, 5) is 0. The largest absolute Gasteiger partial charge is 0.211 e. The van der Waals surface area contributed by atoms with Crippen LogP contribution in [0.25, 0.3) is 0 Å². The minimum atomic E-state index is -0.0730. The van der Waals surface area contributed by atoms with Crippen LogP contribution in [0.4, 0.5) is 4.39 Å². The van der Waals surface area contributed by atoms with Crippen LogP contribution in [-0.2, 0) is 0 Å². The van der Waals surface area contributed by atoms with Crippen LogP contribution in [0.5, 0.6) is 0 Å². The van der Waals surface area contributed by atoms with Crippen molar-refractivity contribution in [1.29, 1.82) is 0 Å². The summed E-state index contributed by atoms with van der Waals surface area (Å²) in [5.41, 5.74) is 2.07. The van der Waals surface area contributed by atoms with Crippen molar-refractivity contribution in [2.24, 2.45) is 0 Å². The van der Waals surface area contributed by atoms with E-state index in [1.54, 1.807) is 6.08 Å². The van der Waals surface area contributed by atoms with Gasteiger partial charge >= 0.3 is 0 Å². The highest BCUT2D eigenvalue weighted by atomic mass is 19.1. The zero-order valence-electron chi connectivity index (χ0n) is 7.47. The molecule has 0 heterocycles. The number of hydrogen-bond acceptors (Lipinski definition) is 0. The highest BCUT2D eigenvalue weighted by Crippen LogP contribution is 2.18. The maximum absolute atomic E-state index is 12.9. The van der Waals surface area contributed by atoms with Crippen molar-refractivity contribution in [2.45, 2.75) is 20.3 Å². The van der Waals surface area contributed by atoms with Crippen LogP contribution in [0.2, 0.25) is 0 Å². The molecule has 0 spiro atoms. The minimum Gasteiger partial charge on any atom is -0.211 e. The maximum Gasteiger partial charge on any atom is 0.104 e. The van der Waals surface area contributed by atoms with Crippen LogP contribution in [0, 0.1) is 0 Å². The van der Waals surface area contributed by atoms with Gasteiger partial charge in [0.05, 0.1) is 0 Å². The topological polar surface area (TPSA) is 0 Å². The average Bonchev–Trinajstić information content (AvgIpc) is 2.16. The lowest BCUT2D eigenvalue weighted by molar-refractivity contribution is 0.618. The Balaban J connectivity index is 3.04. The summed E-state index contributed by atoms with van der Waals surface area (Å²) >= 11 is 0. The van der Waals surface area contributed by atoms with E-state index < -0.39 is 0 Å². The maximum atomic E-state index is 12.9. The number of allylic oxidation sites excluding steroid dienone is 8. The van der Waals surface area contributed by atoms with Gasteiger partial charge in [0.2, 0.25) is 0 Å². The van der Waals surface area contributed by atoms with Crippen molar-refractivity contribution in [3.05, 3.63) is 47.4 Å². The number of rotatable bonds is 1. The van der Waals surface area contributed by atoms with Gasteiger partial charge in [-0.05, 0) is 31.1 Å². The van der Waals surface area contributed by atoms with Crippen LogP contribution in [0.15, 0.2) is 47.4 Å². The summed E-state index contributed by atoms with van der Waals surface area (Å²) in [6, 6.07) is 0. The van der Waals surface area contributed by atoms with E-state index in [1.807, 2.05) is 38.2 Å². The van der Waals surface area contributed by atoms with Crippen LogP contribution < -0.4 is 0 Å². The van der Waals surface area contributed by atoms with E-state index in [2.05, 4.69) is 0 Å². The quantitative estimate of drug-likeness (QED) is 0.554. The fourth-order valence-electron chi connectivity index (χ4n) is 1.15. The SMILES string of the molecule is C/C=C\C1=C(C)C=CCC(F)=C1. The van der Waals surface area contributed by atoms with Crippen molar-refractivity contribution in [2.75, 3.05) is 0 Å². The molecular formula is C11H13F. The summed E-state index contributed by atoms with van der Waals surface area (Å²) in [7, 11) is 0. The Kier molecular flexibility index (Phi) is 3.03. The molecule has 0 fully saturated rings. The molecule has 1 aliphatic rings. The lowest BCUT2D eigenvalue weighted by Gasteiger charge is -1.96. The summed E-state index contributed by atoms with van der Waals surface area (Å²) in [6.07, 6.45) is 9.65. The Morgan fingerprint density at radius 1 is 1.50 bits per heavy atom. The van der Waals surface area contributed by atoms with E-state index in [0.717, 1.165) is 11.1 Å². The van der Waals surface area contributed by atoms with Gasteiger partial charge in [-0.2, -0.15) is 0 Å². The molecule has 0 aromatic carbocycles. The molecule has 0 aromatic rings. The van der Waals surface area contributed by atoms with E-state index in [1.165, 1.54) is 0 Å². The van der Waals surface area contributed by atoms with Gasteiger partial charge in [0.25, 0.3) is 0 Å². The molecule has 12 heavy (non-hydrogen) atoms. The van der Waals surface area contributed by atoms with Crippen LogP contribution in [0.3, 0.4) is 0 Å². The van der Waals surface area contributed by atoms with Crippen molar-refractivity contribution in [3.63, 3.8) is 0 Å². The summed E-state index contributed by atoms with van der Waals surface area (Å²) in [6.45, 7) is 3.92. The predicted molar refractivity (Wildman–Crippen MR) is 50.5 cm³/mol. The molecule has 0 saturated heterocycles. The summed E-state index contributed by atoms with van der Waals surface area (Å²) < 4.78 is 12.9. The average molecular weight is 164 g/mol. The zero-order valence-corrected chi connectivity index (χ0v) is 7.47. The van der Waals surface area contributed by atoms with Gasteiger partial charge in [0.15, 0.2) is 0 Å². The second-order valence-electron chi connectivity index (χ2n) is 2.84. The van der Waals surface area contributed by atoms with Crippen LogP contribution >= 0.6 is 0 Å². The molecule has 1 heteroatoms. The molecule has 0 aliphatic heterocycles. The fraction of sp³-hybridized carbons (Fsp3) is 0.273. The summed E-state index contributed by atoms with van der Waals surface area (Å²) in [5.74, 6) is -0.0730. The molecule has 0 nitrogen and oxygen atoms in total. The highest BCUT2D eigenvalue weighted by molar-refractivity contribution is 5.42. The van der Waals surface area contributed by atoms with Crippen LogP contribution in [0.1, 0.15) is 20.3 Å². The molecule has 0 amide bonds. The Hall–Kier alpha value is -1.11. The van der Waals surface area contributed by atoms with Gasteiger partial charge < -0.3 is 0 Å². The standard InChI is InChI=1S/C11H13F/c1-3-5-10-8-11(12)7-4-6-9(10)2/h3-6,8H,7H2,1-2H3/b5-3-. The molecule has 1 aliphatic carbocycles. The monoisotopic (exact) mass is 164 g/mol. The Morgan fingerprint density at radius 2 is 2.25 bits per heavy atom. The molecule has 0 N–H and O–H groups in total. The first-order valence-electron chi connectivity index (χ1n) is 4.10. The lowest BCUT2D eigenvalue weighted by Crippen LogP contribution is -1.77. The molecule has 0 saturated carbocycles. The smallest absolute Gasteiger partial charge is 0.104 e. The molecule has 0 bridgehead atoms. The van der Waals surface area contributed by atoms with E-state index in [0.29, 0.717) is 6.42 Å². The lowest BCUT2D eigenvalue weighted by atomic mass is 10.1. The molecule has 0 unspecified atom stereocenters. The zero-order chi connectivity index (χ0) is 8.97. The number of hydrogen-bond donors (Lipinski definition) is 0. The third-order valence-corrected chi connectivity index (χ3v) is 1.79. The highest BCUT2D eigenvalue weighted by Gasteiger charge is 2.00. The van der Waals surface area contributed by atoms with Crippen molar-refractivity contribution < 1.29 is 4.39 Å². The predicted octanol–water partition coefficient (Wildman–Crippen LogP) is 3.69. The van der Waals surface area contributed by atoms with Gasteiger partial charge in [0.1, 0.15) is 5.83 Å². The van der Waals surface area contributed by atoms with Crippen molar-refractivity contribution in [1.82, 2.24) is 0 Å². The second-order valence-corrected chi connectivity index (χ2v) is 2.84. The molecule has 64 valence electrons. The Morgan fingerprint density at radius 3 is 2.92 bits per heavy atom. The molecule has 0 radical (unpaired) electrons. The molecule has 1 rings (SSSR count). The van der Waals surface area contributed by atoms with Crippen molar-refractivity contribution >= 4 is 0 Å². The van der Waals surface area contributed by atoms with Crippen LogP contribution in [-0.4, -0.2) is 0 Å². The molecule has 0 atom stereocenters. The van der Waals surface area contributed by atoms with E-state index >= 15 is 0 Å². The van der Waals surface area contributed by atoms with Gasteiger partial charge in [-0.15, -0.1) is 0 Å². The van der Waals surface area contributed by atoms with Gasteiger partial charge in [0, 0.05) is 6.42 Å². The number of halogens is 1. The molecule has 0 aromatic heterocycles. The second kappa shape index (κ2) is 4.05. The third kappa shape index (κ3) is 2.19. The van der Waals surface area contributed by atoms with Gasteiger partial charge in [-0.3, -0.25) is 0 Å². The van der Waals surface area contributed by atoms with Crippen molar-refractivity contribution in [3.8, 4) is 0 Å². The molecular weight excluding hydrogens is 151 g/mol. The summed E-state index contributed by atoms with van der Waals surface area (Å²) in [5, 5.41) is 0. The minimum absolute atomic E-state index is 0.0730. The first-order valence-corrected chi connectivity index (χ1v) is 4.10. The first-order chi connectivity index (χ1) is 5.74. The third-order valence-electron chi connectivity index (χ3n) is 1.79. The normalized spacial score (nSPS) is 18.4. The Labute approximate surface area is 72.8 Å².